The molecular formula is C20H25N3O4S. The van der Waals surface area contributed by atoms with Gasteiger partial charge in [0.15, 0.2) is 0 Å². The molecule has 1 aromatic heterocycles. The van der Waals surface area contributed by atoms with Gasteiger partial charge in [-0.2, -0.15) is 0 Å². The topological polar surface area (TPSA) is 88.6 Å². The van der Waals surface area contributed by atoms with Crippen molar-refractivity contribution in [2.45, 2.75) is 26.7 Å². The van der Waals surface area contributed by atoms with E-state index in [0.29, 0.717) is 36.7 Å². The fourth-order valence-electron chi connectivity index (χ4n) is 3.11. The van der Waals surface area contributed by atoms with E-state index in [1.807, 2.05) is 32.0 Å². The zero-order valence-corrected chi connectivity index (χ0v) is 17.1. The summed E-state index contributed by atoms with van der Waals surface area (Å²) < 4.78 is 30.5. The first kappa shape index (κ1) is 20.3. The molecule has 28 heavy (non-hydrogen) atoms. The summed E-state index contributed by atoms with van der Waals surface area (Å²) in [6.07, 6.45) is 4.04. The Hall–Kier alpha value is -2.45. The lowest BCUT2D eigenvalue weighted by atomic mass is 9.99. The van der Waals surface area contributed by atoms with Crippen molar-refractivity contribution in [1.82, 2.24) is 9.29 Å². The van der Waals surface area contributed by atoms with Crippen LogP contribution in [0.2, 0.25) is 0 Å². The largest absolute Gasteiger partial charge is 0.439 e. The Morgan fingerprint density at radius 1 is 1.21 bits per heavy atom. The molecule has 1 aromatic carbocycles. The van der Waals surface area contributed by atoms with Gasteiger partial charge < -0.3 is 10.1 Å². The predicted molar refractivity (Wildman–Crippen MR) is 108 cm³/mol. The van der Waals surface area contributed by atoms with Crippen molar-refractivity contribution < 1.29 is 17.9 Å². The summed E-state index contributed by atoms with van der Waals surface area (Å²) in [7, 11) is -3.28. The van der Waals surface area contributed by atoms with Gasteiger partial charge in [-0.25, -0.2) is 17.7 Å². The van der Waals surface area contributed by atoms with E-state index in [1.54, 1.807) is 12.1 Å². The van der Waals surface area contributed by atoms with Crippen LogP contribution in [0, 0.1) is 19.8 Å². The second kappa shape index (κ2) is 8.28. The maximum atomic E-state index is 12.5. The minimum absolute atomic E-state index is 0.196. The van der Waals surface area contributed by atoms with Gasteiger partial charge in [0.05, 0.1) is 24.1 Å². The highest BCUT2D eigenvalue weighted by atomic mass is 32.2. The van der Waals surface area contributed by atoms with Crippen molar-refractivity contribution >= 4 is 21.6 Å². The van der Waals surface area contributed by atoms with Crippen molar-refractivity contribution in [2.24, 2.45) is 5.92 Å². The molecule has 1 atom stereocenters. The summed E-state index contributed by atoms with van der Waals surface area (Å²) in [5.74, 6) is 0.575. The molecular weight excluding hydrogens is 378 g/mol. The molecule has 1 aliphatic rings. The SMILES string of the molecule is Cc1ccc(Oc2ccc(NC(=O)C3CCCN(S(C)(=O)=O)C3)cn2)cc1C. The van der Waals surface area contributed by atoms with E-state index in [4.69, 9.17) is 4.74 Å². The molecule has 1 unspecified atom stereocenters. The van der Waals surface area contributed by atoms with Gasteiger partial charge in [-0.05, 0) is 56.0 Å². The Kier molecular flexibility index (Phi) is 6.00. The number of hydrogen-bond donors (Lipinski definition) is 1. The third kappa shape index (κ3) is 5.08. The molecule has 2 aromatic rings. The Labute approximate surface area is 165 Å². The summed E-state index contributed by atoms with van der Waals surface area (Å²) >= 11 is 0. The van der Waals surface area contributed by atoms with E-state index in [9.17, 15) is 13.2 Å². The lowest BCUT2D eigenvalue weighted by Crippen LogP contribution is -2.43. The number of pyridine rings is 1. The average Bonchev–Trinajstić information content (AvgIpc) is 2.66. The summed E-state index contributed by atoms with van der Waals surface area (Å²) in [4.78, 5) is 16.7. The lowest BCUT2D eigenvalue weighted by Gasteiger charge is -2.30. The molecule has 0 bridgehead atoms. The van der Waals surface area contributed by atoms with E-state index in [2.05, 4.69) is 10.3 Å². The Morgan fingerprint density at radius 2 is 2.00 bits per heavy atom. The van der Waals surface area contributed by atoms with Crippen molar-refractivity contribution in [2.75, 3.05) is 24.7 Å². The van der Waals surface area contributed by atoms with Crippen molar-refractivity contribution in [1.29, 1.82) is 0 Å². The van der Waals surface area contributed by atoms with Crippen LogP contribution in [0.1, 0.15) is 24.0 Å². The molecule has 7 nitrogen and oxygen atoms in total. The summed E-state index contributed by atoms with van der Waals surface area (Å²) in [6, 6.07) is 9.23. The second-order valence-electron chi connectivity index (χ2n) is 7.18. The van der Waals surface area contributed by atoms with Crippen LogP contribution in [0.4, 0.5) is 5.69 Å². The maximum Gasteiger partial charge on any atom is 0.228 e. The van der Waals surface area contributed by atoms with Gasteiger partial charge in [0.25, 0.3) is 0 Å². The van der Waals surface area contributed by atoms with Crippen LogP contribution in [0.25, 0.3) is 0 Å². The number of benzene rings is 1. The molecule has 1 N–H and O–H groups in total. The number of aromatic nitrogens is 1. The van der Waals surface area contributed by atoms with Gasteiger partial charge in [-0.3, -0.25) is 4.79 Å². The van der Waals surface area contributed by atoms with Crippen molar-refractivity contribution in [3.05, 3.63) is 47.7 Å². The van der Waals surface area contributed by atoms with Crippen LogP contribution in [0.3, 0.4) is 0 Å². The molecule has 2 heterocycles. The molecule has 150 valence electrons. The normalized spacial score (nSPS) is 17.9. The number of carbonyl (C=O) groups is 1. The molecule has 1 amide bonds. The molecule has 1 saturated heterocycles. The third-order valence-electron chi connectivity index (χ3n) is 4.93. The number of nitrogens with one attached hydrogen (secondary N) is 1. The molecule has 0 spiro atoms. The zero-order valence-electron chi connectivity index (χ0n) is 16.3. The molecule has 1 aliphatic heterocycles. The first-order chi connectivity index (χ1) is 13.2. The van der Waals surface area contributed by atoms with Gasteiger partial charge in [0, 0.05) is 19.2 Å². The summed E-state index contributed by atoms with van der Waals surface area (Å²) in [5.41, 5.74) is 2.88. The molecule has 0 radical (unpaired) electrons. The van der Waals surface area contributed by atoms with Crippen molar-refractivity contribution in [3.63, 3.8) is 0 Å². The average molecular weight is 404 g/mol. The van der Waals surface area contributed by atoms with Gasteiger partial charge in [0.1, 0.15) is 5.75 Å². The van der Waals surface area contributed by atoms with Gasteiger partial charge in [0.2, 0.25) is 21.8 Å². The first-order valence-corrected chi connectivity index (χ1v) is 11.0. The number of rotatable bonds is 5. The van der Waals surface area contributed by atoms with Gasteiger partial charge in [-0.15, -0.1) is 0 Å². The third-order valence-corrected chi connectivity index (χ3v) is 6.20. The number of piperidine rings is 1. The van der Waals surface area contributed by atoms with Crippen LogP contribution >= 0.6 is 0 Å². The lowest BCUT2D eigenvalue weighted by molar-refractivity contribution is -0.120. The molecule has 1 fully saturated rings. The minimum atomic E-state index is -3.28. The number of nitrogens with zero attached hydrogens (tertiary/aromatic N) is 2. The number of amides is 1. The van der Waals surface area contributed by atoms with E-state index >= 15 is 0 Å². The standard InChI is InChI=1S/C20H25N3O4S/c1-14-6-8-18(11-15(14)2)27-19-9-7-17(12-21-19)22-20(24)16-5-4-10-23(13-16)28(3,25)26/h6-9,11-12,16H,4-5,10,13H2,1-3H3,(H,22,24). The highest BCUT2D eigenvalue weighted by Gasteiger charge is 2.30. The van der Waals surface area contributed by atoms with Crippen LogP contribution in [0.15, 0.2) is 36.5 Å². The summed E-state index contributed by atoms with van der Waals surface area (Å²) in [6.45, 7) is 4.74. The van der Waals surface area contributed by atoms with Crippen LogP contribution < -0.4 is 10.1 Å². The molecule has 3 rings (SSSR count). The fraction of sp³-hybridized carbons (Fsp3) is 0.400. The number of ether oxygens (including phenoxy) is 1. The van der Waals surface area contributed by atoms with Gasteiger partial charge >= 0.3 is 0 Å². The Morgan fingerprint density at radius 3 is 2.64 bits per heavy atom. The number of aryl methyl sites for hydroxylation is 2. The molecule has 0 aliphatic carbocycles. The fourth-order valence-corrected chi connectivity index (χ4v) is 4.03. The highest BCUT2D eigenvalue weighted by Crippen LogP contribution is 2.24. The van der Waals surface area contributed by atoms with E-state index < -0.39 is 10.0 Å². The quantitative estimate of drug-likeness (QED) is 0.829. The Bertz CT molecular complexity index is 958. The maximum absolute atomic E-state index is 12.5. The number of anilines is 1. The predicted octanol–water partition coefficient (Wildman–Crippen LogP) is 3.10. The summed E-state index contributed by atoms with van der Waals surface area (Å²) in [5, 5.41) is 2.81. The smallest absolute Gasteiger partial charge is 0.228 e. The number of sulfonamides is 1. The monoisotopic (exact) mass is 403 g/mol. The Balaban J connectivity index is 1.60. The zero-order chi connectivity index (χ0) is 20.3. The minimum Gasteiger partial charge on any atom is -0.439 e. The van der Waals surface area contributed by atoms with Crippen LogP contribution in [-0.4, -0.2) is 43.0 Å². The van der Waals surface area contributed by atoms with E-state index in [0.717, 1.165) is 5.56 Å². The van der Waals surface area contributed by atoms with E-state index in [-0.39, 0.29) is 18.4 Å². The van der Waals surface area contributed by atoms with E-state index in [1.165, 1.54) is 22.3 Å². The second-order valence-corrected chi connectivity index (χ2v) is 9.17. The van der Waals surface area contributed by atoms with Crippen LogP contribution in [0.5, 0.6) is 11.6 Å². The van der Waals surface area contributed by atoms with Crippen LogP contribution in [-0.2, 0) is 14.8 Å². The van der Waals surface area contributed by atoms with Gasteiger partial charge in [-0.1, -0.05) is 6.07 Å². The van der Waals surface area contributed by atoms with Crippen molar-refractivity contribution in [3.8, 4) is 11.6 Å². The molecule has 8 heteroatoms. The number of hydrogen-bond acceptors (Lipinski definition) is 5. The highest BCUT2D eigenvalue weighted by molar-refractivity contribution is 7.88. The number of carbonyl (C=O) groups excluding carboxylic acids is 1. The molecule has 0 saturated carbocycles. The first-order valence-electron chi connectivity index (χ1n) is 9.19.